The molecule has 6 heteroatoms. The summed E-state index contributed by atoms with van der Waals surface area (Å²) in [6, 6.07) is 4.19. The molecule has 0 spiro atoms. The van der Waals surface area contributed by atoms with Crippen LogP contribution in [0.4, 0.5) is 8.78 Å². The third kappa shape index (κ3) is 3.31. The number of hydrogen-bond donors (Lipinski definition) is 0. The van der Waals surface area contributed by atoms with Gasteiger partial charge in [-0.3, -0.25) is 4.79 Å². The van der Waals surface area contributed by atoms with Crippen molar-refractivity contribution in [1.29, 1.82) is 0 Å². The zero-order valence-corrected chi connectivity index (χ0v) is 10.1. The first kappa shape index (κ1) is 13.1. The fraction of sp³-hybridized carbons (Fsp3) is 0.154. The minimum Gasteiger partial charge on any atom is -0.481 e. The summed E-state index contributed by atoms with van der Waals surface area (Å²) in [6.45, 7) is 0. The number of halogens is 2. The average Bonchev–Trinajstić information content (AvgIpc) is 2.37. The van der Waals surface area contributed by atoms with Gasteiger partial charge in [0.2, 0.25) is 5.88 Å². The molecule has 98 valence electrons. The highest BCUT2D eigenvalue weighted by atomic mass is 19.1. The number of ether oxygens (including phenoxy) is 1. The second-order valence-electron chi connectivity index (χ2n) is 3.81. The molecule has 4 nitrogen and oxygen atoms in total. The summed E-state index contributed by atoms with van der Waals surface area (Å²) in [6.07, 6.45) is 1.18. The fourth-order valence-electron chi connectivity index (χ4n) is 1.57. The van der Waals surface area contributed by atoms with Crippen LogP contribution in [0.2, 0.25) is 0 Å². The monoisotopic (exact) mass is 264 g/mol. The number of benzene rings is 1. The zero-order chi connectivity index (χ0) is 13.8. The minimum absolute atomic E-state index is 0.0323. The van der Waals surface area contributed by atoms with Gasteiger partial charge in [0.05, 0.1) is 19.2 Å². The molecule has 2 rings (SSSR count). The van der Waals surface area contributed by atoms with E-state index in [1.54, 1.807) is 0 Å². The van der Waals surface area contributed by atoms with E-state index in [1.165, 1.54) is 19.5 Å². The van der Waals surface area contributed by atoms with E-state index < -0.39 is 17.4 Å². The molecule has 19 heavy (non-hydrogen) atoms. The molecule has 0 radical (unpaired) electrons. The molecule has 0 aliphatic heterocycles. The van der Waals surface area contributed by atoms with Gasteiger partial charge in [-0.25, -0.2) is 18.7 Å². The van der Waals surface area contributed by atoms with Gasteiger partial charge in [-0.1, -0.05) is 0 Å². The van der Waals surface area contributed by atoms with Gasteiger partial charge in [0.25, 0.3) is 0 Å². The number of aromatic nitrogens is 2. The van der Waals surface area contributed by atoms with E-state index in [0.29, 0.717) is 17.6 Å². The van der Waals surface area contributed by atoms with E-state index in [2.05, 4.69) is 9.97 Å². The van der Waals surface area contributed by atoms with Crippen LogP contribution in [0.5, 0.6) is 5.88 Å². The third-order valence-electron chi connectivity index (χ3n) is 2.43. The average molecular weight is 264 g/mol. The van der Waals surface area contributed by atoms with E-state index in [-0.39, 0.29) is 12.0 Å². The topological polar surface area (TPSA) is 52.1 Å². The molecule has 0 saturated carbocycles. The first-order valence-corrected chi connectivity index (χ1v) is 5.42. The maximum absolute atomic E-state index is 13.0. The first-order valence-electron chi connectivity index (χ1n) is 5.42. The molecule has 1 aromatic carbocycles. The Kier molecular flexibility index (Phi) is 3.79. The van der Waals surface area contributed by atoms with Crippen molar-refractivity contribution in [2.24, 2.45) is 0 Å². The Hall–Kier alpha value is -2.37. The zero-order valence-electron chi connectivity index (χ0n) is 10.1. The van der Waals surface area contributed by atoms with Crippen molar-refractivity contribution in [2.75, 3.05) is 7.11 Å². The summed E-state index contributed by atoms with van der Waals surface area (Å²) in [4.78, 5) is 19.6. The lowest BCUT2D eigenvalue weighted by molar-refractivity contribution is 0.0991. The summed E-state index contributed by atoms with van der Waals surface area (Å²) in [5, 5.41) is 0. The summed E-state index contributed by atoms with van der Waals surface area (Å²) in [7, 11) is 1.44. The number of methoxy groups -OCH3 is 1. The van der Waals surface area contributed by atoms with Gasteiger partial charge in [0, 0.05) is 17.7 Å². The molecule has 0 aliphatic rings. The second-order valence-corrected chi connectivity index (χ2v) is 3.81. The van der Waals surface area contributed by atoms with Gasteiger partial charge in [0.1, 0.15) is 18.0 Å². The predicted octanol–water partition coefficient (Wildman–Crippen LogP) is 2.19. The van der Waals surface area contributed by atoms with Crippen LogP contribution in [0, 0.1) is 11.6 Å². The molecule has 0 N–H and O–H groups in total. The Labute approximate surface area is 108 Å². The molecule has 0 fully saturated rings. The summed E-state index contributed by atoms with van der Waals surface area (Å²) in [5.41, 5.74) is 0.386. The number of ketones is 1. The molecule has 2 aromatic rings. The van der Waals surface area contributed by atoms with Crippen LogP contribution in [0.15, 0.2) is 30.6 Å². The van der Waals surface area contributed by atoms with Crippen LogP contribution in [0.3, 0.4) is 0 Å². The summed E-state index contributed by atoms with van der Waals surface area (Å²) >= 11 is 0. The number of nitrogens with zero attached hydrogens (tertiary/aromatic N) is 2. The van der Waals surface area contributed by atoms with E-state index in [1.807, 2.05) is 0 Å². The van der Waals surface area contributed by atoms with Crippen molar-refractivity contribution in [3.05, 3.63) is 53.5 Å². The highest BCUT2D eigenvalue weighted by Gasteiger charge is 2.11. The number of carbonyl (C=O) groups excluding carboxylic acids is 1. The standard InChI is InChI=1S/C13H10F2N2O2/c1-19-13-6-11(16-7-17-13)5-12(18)8-2-9(14)4-10(15)3-8/h2-4,6-7H,5H2,1H3. The molecular weight excluding hydrogens is 254 g/mol. The Morgan fingerprint density at radius 3 is 2.47 bits per heavy atom. The smallest absolute Gasteiger partial charge is 0.216 e. The highest BCUT2D eigenvalue weighted by Crippen LogP contribution is 2.12. The summed E-state index contributed by atoms with van der Waals surface area (Å²) in [5.74, 6) is -1.69. The fourth-order valence-corrected chi connectivity index (χ4v) is 1.57. The molecule has 0 atom stereocenters. The normalized spacial score (nSPS) is 10.3. The van der Waals surface area contributed by atoms with Gasteiger partial charge >= 0.3 is 0 Å². The molecule has 0 saturated heterocycles. The van der Waals surface area contributed by atoms with Crippen molar-refractivity contribution < 1.29 is 18.3 Å². The van der Waals surface area contributed by atoms with E-state index in [9.17, 15) is 13.6 Å². The first-order chi connectivity index (χ1) is 9.08. The second kappa shape index (κ2) is 5.51. The van der Waals surface area contributed by atoms with Gasteiger partial charge in [0.15, 0.2) is 5.78 Å². The van der Waals surface area contributed by atoms with Gasteiger partial charge in [-0.15, -0.1) is 0 Å². The van der Waals surface area contributed by atoms with Crippen LogP contribution in [-0.2, 0) is 6.42 Å². The molecule has 1 aromatic heterocycles. The number of Topliss-reactive ketones (excluding diaryl/α,β-unsaturated/α-hetero) is 1. The highest BCUT2D eigenvalue weighted by molar-refractivity contribution is 5.97. The molecule has 1 heterocycles. The Balaban J connectivity index is 2.20. The number of carbonyl (C=O) groups is 1. The number of hydrogen-bond acceptors (Lipinski definition) is 4. The molecular formula is C13H10F2N2O2. The quantitative estimate of drug-likeness (QED) is 0.794. The van der Waals surface area contributed by atoms with E-state index in [0.717, 1.165) is 12.1 Å². The summed E-state index contributed by atoms with van der Waals surface area (Å²) < 4.78 is 30.9. The van der Waals surface area contributed by atoms with Crippen LogP contribution >= 0.6 is 0 Å². The van der Waals surface area contributed by atoms with Gasteiger partial charge in [-0.2, -0.15) is 0 Å². The maximum Gasteiger partial charge on any atom is 0.216 e. The van der Waals surface area contributed by atoms with Crippen molar-refractivity contribution in [1.82, 2.24) is 9.97 Å². The Bertz CT molecular complexity index is 597. The van der Waals surface area contributed by atoms with Gasteiger partial charge in [-0.05, 0) is 12.1 Å². The van der Waals surface area contributed by atoms with Crippen molar-refractivity contribution in [3.63, 3.8) is 0 Å². The molecule has 0 aliphatic carbocycles. The Morgan fingerprint density at radius 2 is 1.84 bits per heavy atom. The Morgan fingerprint density at radius 1 is 1.16 bits per heavy atom. The van der Waals surface area contributed by atoms with E-state index in [4.69, 9.17) is 4.74 Å². The van der Waals surface area contributed by atoms with Gasteiger partial charge < -0.3 is 4.74 Å². The van der Waals surface area contributed by atoms with Crippen molar-refractivity contribution >= 4 is 5.78 Å². The van der Waals surface area contributed by atoms with Crippen molar-refractivity contribution in [2.45, 2.75) is 6.42 Å². The SMILES string of the molecule is COc1cc(CC(=O)c2cc(F)cc(F)c2)ncn1. The van der Waals surface area contributed by atoms with Crippen molar-refractivity contribution in [3.8, 4) is 5.88 Å². The lowest BCUT2D eigenvalue weighted by Crippen LogP contribution is -2.06. The van der Waals surface area contributed by atoms with Crippen LogP contribution in [0.1, 0.15) is 16.1 Å². The third-order valence-corrected chi connectivity index (χ3v) is 2.43. The molecule has 0 bridgehead atoms. The molecule has 0 unspecified atom stereocenters. The lowest BCUT2D eigenvalue weighted by Gasteiger charge is -2.03. The van der Waals surface area contributed by atoms with Crippen LogP contribution in [0.25, 0.3) is 0 Å². The predicted molar refractivity (Wildman–Crippen MR) is 63.0 cm³/mol. The van der Waals surface area contributed by atoms with E-state index >= 15 is 0 Å². The van der Waals surface area contributed by atoms with Crippen LogP contribution < -0.4 is 4.74 Å². The minimum atomic E-state index is -0.788. The molecule has 0 amide bonds. The number of rotatable bonds is 4. The van der Waals surface area contributed by atoms with Crippen LogP contribution in [-0.4, -0.2) is 22.9 Å². The maximum atomic E-state index is 13.0. The lowest BCUT2D eigenvalue weighted by atomic mass is 10.1. The largest absolute Gasteiger partial charge is 0.481 e.